The normalized spacial score (nSPS) is 13.0. The lowest BCUT2D eigenvalue weighted by atomic mass is 10.1. The minimum atomic E-state index is -3.77. The molecule has 34 heavy (non-hydrogen) atoms. The number of amides is 2. The first-order valence-corrected chi connectivity index (χ1v) is 13.6. The van der Waals surface area contributed by atoms with Gasteiger partial charge in [-0.15, -0.1) is 0 Å². The molecule has 0 bridgehead atoms. The van der Waals surface area contributed by atoms with Crippen LogP contribution in [0.2, 0.25) is 0 Å². The fourth-order valence-electron chi connectivity index (χ4n) is 3.26. The molecule has 1 N–H and O–H groups in total. The lowest BCUT2D eigenvalue weighted by Crippen LogP contribution is -2.52. The van der Waals surface area contributed by atoms with Gasteiger partial charge >= 0.3 is 0 Å². The summed E-state index contributed by atoms with van der Waals surface area (Å²) in [6.07, 6.45) is 1.79. The number of rotatable bonds is 11. The molecule has 0 aliphatic rings. The molecule has 0 saturated carbocycles. The van der Waals surface area contributed by atoms with Crippen molar-refractivity contribution >= 4 is 43.5 Å². The van der Waals surface area contributed by atoms with Gasteiger partial charge in [0.2, 0.25) is 21.8 Å². The van der Waals surface area contributed by atoms with E-state index in [9.17, 15) is 18.0 Å². The highest BCUT2D eigenvalue weighted by Crippen LogP contribution is 2.23. The summed E-state index contributed by atoms with van der Waals surface area (Å²) in [6.45, 7) is 5.15. The molecule has 2 atom stereocenters. The third-order valence-electron chi connectivity index (χ3n) is 5.43. The third kappa shape index (κ3) is 7.73. The van der Waals surface area contributed by atoms with E-state index < -0.39 is 28.5 Å². The Balaban J connectivity index is 2.40. The molecule has 2 amide bonds. The number of methoxy groups -OCH3 is 1. The van der Waals surface area contributed by atoms with Crippen LogP contribution >= 0.6 is 15.9 Å². The fraction of sp³-hybridized carbons (Fsp3) is 0.417. The van der Waals surface area contributed by atoms with Gasteiger partial charge in [0.1, 0.15) is 18.3 Å². The number of hydrogen-bond donors (Lipinski definition) is 1. The molecule has 2 rings (SSSR count). The van der Waals surface area contributed by atoms with Gasteiger partial charge in [-0.2, -0.15) is 0 Å². The summed E-state index contributed by atoms with van der Waals surface area (Å²) in [5, 5.41) is 2.90. The second-order valence-corrected chi connectivity index (χ2v) is 10.9. The van der Waals surface area contributed by atoms with Crippen LogP contribution in [-0.2, 0) is 26.2 Å². The van der Waals surface area contributed by atoms with Gasteiger partial charge in [0.15, 0.2) is 0 Å². The summed E-state index contributed by atoms with van der Waals surface area (Å²) >= 11 is 3.34. The molecule has 0 aromatic heterocycles. The Hall–Kier alpha value is -2.59. The number of carbonyl (C=O) groups excluding carboxylic acids is 2. The SMILES string of the molecule is CC[C@H](C)NC(=O)[C@H](C)N(Cc1cccc(OC)c1)C(=O)CN(c1cccc(Br)c1)S(C)(=O)=O. The molecule has 0 aliphatic heterocycles. The molecular formula is C24H32BrN3O5S. The lowest BCUT2D eigenvalue weighted by molar-refractivity contribution is -0.139. The number of nitrogens with zero attached hydrogens (tertiary/aromatic N) is 2. The number of ether oxygens (including phenoxy) is 1. The minimum absolute atomic E-state index is 0.0575. The molecule has 8 nitrogen and oxygen atoms in total. The van der Waals surface area contributed by atoms with Crippen LogP contribution in [0.5, 0.6) is 5.75 Å². The minimum Gasteiger partial charge on any atom is -0.497 e. The van der Waals surface area contributed by atoms with Crippen LogP contribution in [0, 0.1) is 0 Å². The number of carbonyl (C=O) groups is 2. The van der Waals surface area contributed by atoms with E-state index in [2.05, 4.69) is 21.2 Å². The summed E-state index contributed by atoms with van der Waals surface area (Å²) < 4.78 is 32.1. The van der Waals surface area contributed by atoms with Crippen LogP contribution in [0.1, 0.15) is 32.8 Å². The molecule has 2 aromatic carbocycles. The van der Waals surface area contributed by atoms with E-state index in [0.717, 1.165) is 22.5 Å². The van der Waals surface area contributed by atoms with Crippen molar-refractivity contribution in [1.29, 1.82) is 0 Å². The Bertz CT molecular complexity index is 1110. The highest BCUT2D eigenvalue weighted by atomic mass is 79.9. The Kier molecular flexibility index (Phi) is 9.93. The van der Waals surface area contributed by atoms with E-state index in [1.165, 1.54) is 4.90 Å². The molecule has 0 heterocycles. The average Bonchev–Trinajstić information content (AvgIpc) is 2.79. The molecule has 2 aromatic rings. The third-order valence-corrected chi connectivity index (χ3v) is 7.06. The van der Waals surface area contributed by atoms with Crippen molar-refractivity contribution in [3.05, 3.63) is 58.6 Å². The van der Waals surface area contributed by atoms with Crippen molar-refractivity contribution in [2.24, 2.45) is 0 Å². The Morgan fingerprint density at radius 3 is 2.38 bits per heavy atom. The first-order chi connectivity index (χ1) is 16.0. The predicted octanol–water partition coefficient (Wildman–Crippen LogP) is 3.56. The molecule has 0 radical (unpaired) electrons. The van der Waals surface area contributed by atoms with Gasteiger partial charge in [0, 0.05) is 17.1 Å². The zero-order valence-corrected chi connectivity index (χ0v) is 22.5. The van der Waals surface area contributed by atoms with Gasteiger partial charge in [-0.1, -0.05) is 41.1 Å². The number of nitrogens with one attached hydrogen (secondary N) is 1. The molecule has 0 saturated heterocycles. The Morgan fingerprint density at radius 1 is 1.12 bits per heavy atom. The number of benzene rings is 2. The second kappa shape index (κ2) is 12.2. The highest BCUT2D eigenvalue weighted by molar-refractivity contribution is 9.10. The largest absolute Gasteiger partial charge is 0.497 e. The van der Waals surface area contributed by atoms with Gasteiger partial charge in [0.05, 0.1) is 19.1 Å². The Morgan fingerprint density at radius 2 is 1.79 bits per heavy atom. The standard InChI is InChI=1S/C24H32BrN3O5S/c1-6-17(2)26-24(30)18(3)27(15-19-9-7-12-22(13-19)33-4)23(29)16-28(34(5,31)32)21-11-8-10-20(25)14-21/h7-14,17-18H,6,15-16H2,1-5H3,(H,26,30)/t17-,18-/m0/s1. The molecular weight excluding hydrogens is 522 g/mol. The number of anilines is 1. The van der Waals surface area contributed by atoms with Crippen LogP contribution in [0.15, 0.2) is 53.0 Å². The van der Waals surface area contributed by atoms with Crippen molar-refractivity contribution in [3.8, 4) is 5.75 Å². The quantitative estimate of drug-likeness (QED) is 0.459. The maximum absolute atomic E-state index is 13.5. The van der Waals surface area contributed by atoms with E-state index in [-0.39, 0.29) is 18.5 Å². The van der Waals surface area contributed by atoms with Gasteiger partial charge in [-0.3, -0.25) is 13.9 Å². The zero-order chi connectivity index (χ0) is 25.5. The highest BCUT2D eigenvalue weighted by Gasteiger charge is 2.30. The van der Waals surface area contributed by atoms with E-state index in [0.29, 0.717) is 15.9 Å². The zero-order valence-electron chi connectivity index (χ0n) is 20.1. The van der Waals surface area contributed by atoms with Crippen LogP contribution < -0.4 is 14.4 Å². The Labute approximate surface area is 210 Å². The van der Waals surface area contributed by atoms with E-state index in [1.807, 2.05) is 19.9 Å². The molecule has 0 aliphatic carbocycles. The lowest BCUT2D eigenvalue weighted by Gasteiger charge is -2.32. The van der Waals surface area contributed by atoms with Crippen molar-refractivity contribution in [2.75, 3.05) is 24.2 Å². The molecule has 0 unspecified atom stereocenters. The molecule has 0 fully saturated rings. The summed E-state index contributed by atoms with van der Waals surface area (Å²) in [7, 11) is -2.22. The number of sulfonamides is 1. The van der Waals surface area contributed by atoms with Crippen molar-refractivity contribution in [1.82, 2.24) is 10.2 Å². The van der Waals surface area contributed by atoms with Crippen LogP contribution in [0.3, 0.4) is 0 Å². The fourth-order valence-corrected chi connectivity index (χ4v) is 4.49. The van der Waals surface area contributed by atoms with Crippen molar-refractivity contribution in [2.45, 2.75) is 45.8 Å². The molecule has 186 valence electrons. The van der Waals surface area contributed by atoms with Gasteiger partial charge < -0.3 is 15.0 Å². The van der Waals surface area contributed by atoms with Crippen molar-refractivity contribution < 1.29 is 22.7 Å². The van der Waals surface area contributed by atoms with E-state index in [1.54, 1.807) is 56.5 Å². The summed E-state index contributed by atoms with van der Waals surface area (Å²) in [5.74, 6) is -0.188. The predicted molar refractivity (Wildman–Crippen MR) is 137 cm³/mol. The number of hydrogen-bond acceptors (Lipinski definition) is 5. The molecule has 0 spiro atoms. The average molecular weight is 555 g/mol. The number of halogens is 1. The van der Waals surface area contributed by atoms with E-state index >= 15 is 0 Å². The first-order valence-electron chi connectivity index (χ1n) is 10.9. The summed E-state index contributed by atoms with van der Waals surface area (Å²) in [4.78, 5) is 27.8. The van der Waals surface area contributed by atoms with Crippen LogP contribution in [0.25, 0.3) is 0 Å². The second-order valence-electron chi connectivity index (χ2n) is 8.12. The maximum Gasteiger partial charge on any atom is 0.244 e. The van der Waals surface area contributed by atoms with Crippen LogP contribution in [0.4, 0.5) is 5.69 Å². The molecule has 10 heteroatoms. The summed E-state index contributed by atoms with van der Waals surface area (Å²) in [5.41, 5.74) is 1.10. The van der Waals surface area contributed by atoms with Crippen LogP contribution in [-0.4, -0.2) is 57.1 Å². The topological polar surface area (TPSA) is 96.0 Å². The van der Waals surface area contributed by atoms with E-state index in [4.69, 9.17) is 4.74 Å². The maximum atomic E-state index is 13.5. The van der Waals surface area contributed by atoms with Gasteiger partial charge in [0.25, 0.3) is 0 Å². The first kappa shape index (κ1) is 27.7. The van der Waals surface area contributed by atoms with Gasteiger partial charge in [-0.25, -0.2) is 8.42 Å². The summed E-state index contributed by atoms with van der Waals surface area (Å²) in [6, 6.07) is 13.0. The smallest absolute Gasteiger partial charge is 0.244 e. The monoisotopic (exact) mass is 553 g/mol. The van der Waals surface area contributed by atoms with Crippen molar-refractivity contribution in [3.63, 3.8) is 0 Å². The van der Waals surface area contributed by atoms with Gasteiger partial charge in [-0.05, 0) is 56.2 Å².